The molecular weight excluding hydrogens is 289 g/mol. The molecule has 0 aromatic heterocycles. The molecule has 0 atom stereocenters. The van der Waals surface area contributed by atoms with E-state index < -0.39 is 0 Å². The summed E-state index contributed by atoms with van der Waals surface area (Å²) < 4.78 is 13.3. The van der Waals surface area contributed by atoms with Crippen molar-refractivity contribution in [1.82, 2.24) is 5.32 Å². The molecule has 1 aliphatic carbocycles. The summed E-state index contributed by atoms with van der Waals surface area (Å²) in [5, 5.41) is 11.9. The van der Waals surface area contributed by atoms with Crippen LogP contribution < -0.4 is 5.32 Å². The molecule has 0 heterocycles. The van der Waals surface area contributed by atoms with Gasteiger partial charge in [0.25, 0.3) is 5.91 Å². The number of carbonyl (C=O) groups is 1. The number of hydrogen-bond acceptors (Lipinski definition) is 2. The van der Waals surface area contributed by atoms with Crippen molar-refractivity contribution in [2.75, 3.05) is 6.54 Å². The molecule has 0 spiro atoms. The Morgan fingerprint density at radius 2 is 2.24 bits per heavy atom. The molecule has 0 saturated heterocycles. The summed E-state index contributed by atoms with van der Waals surface area (Å²) in [6, 6.07) is 3.97. The number of aliphatic hydroxyl groups is 1. The van der Waals surface area contributed by atoms with E-state index in [1.54, 1.807) is 0 Å². The first kappa shape index (κ1) is 12.5. The summed E-state index contributed by atoms with van der Waals surface area (Å²) in [5.41, 5.74) is 0.422. The maximum absolute atomic E-state index is 12.8. The summed E-state index contributed by atoms with van der Waals surface area (Å²) in [6.45, 7) is 0.555. The highest BCUT2D eigenvalue weighted by molar-refractivity contribution is 9.10. The van der Waals surface area contributed by atoms with Crippen molar-refractivity contribution < 1.29 is 14.3 Å². The number of hydrogen-bond donors (Lipinski definition) is 2. The van der Waals surface area contributed by atoms with Gasteiger partial charge in [0.2, 0.25) is 0 Å². The van der Waals surface area contributed by atoms with Crippen molar-refractivity contribution in [3.8, 4) is 0 Å². The summed E-state index contributed by atoms with van der Waals surface area (Å²) in [7, 11) is 0. The second-order valence-corrected chi connectivity index (χ2v) is 5.18. The molecule has 3 nitrogen and oxygen atoms in total. The maximum Gasteiger partial charge on any atom is 0.252 e. The fourth-order valence-corrected chi connectivity index (χ4v) is 2.40. The predicted octanol–water partition coefficient (Wildman–Crippen LogP) is 2.09. The molecule has 2 N–H and O–H groups in total. The lowest BCUT2D eigenvalue weighted by Crippen LogP contribution is -2.38. The standard InChI is InChI=1S/C12H13BrFNO2/c13-11-5-8(14)1-2-10(11)12(17)15-6-7-3-9(16)4-7/h1-2,5,7,9,16H,3-4,6H2,(H,15,17). The Balaban J connectivity index is 1.91. The maximum atomic E-state index is 12.8. The molecule has 1 saturated carbocycles. The highest BCUT2D eigenvalue weighted by atomic mass is 79.9. The molecule has 0 aliphatic heterocycles. The summed E-state index contributed by atoms with van der Waals surface area (Å²) in [4.78, 5) is 11.8. The third-order valence-electron chi connectivity index (χ3n) is 2.94. The van der Waals surface area contributed by atoms with Gasteiger partial charge in [-0.25, -0.2) is 4.39 Å². The molecule has 0 unspecified atom stereocenters. The Labute approximate surface area is 107 Å². The predicted molar refractivity (Wildman–Crippen MR) is 65.2 cm³/mol. The number of carbonyl (C=O) groups excluding carboxylic acids is 1. The van der Waals surface area contributed by atoms with E-state index in [1.807, 2.05) is 0 Å². The Morgan fingerprint density at radius 1 is 1.53 bits per heavy atom. The number of benzene rings is 1. The highest BCUT2D eigenvalue weighted by Gasteiger charge is 2.27. The zero-order valence-corrected chi connectivity index (χ0v) is 10.7. The van der Waals surface area contributed by atoms with E-state index in [2.05, 4.69) is 21.2 Å². The lowest BCUT2D eigenvalue weighted by molar-refractivity contribution is 0.0420. The van der Waals surface area contributed by atoms with Crippen molar-refractivity contribution >= 4 is 21.8 Å². The zero-order valence-electron chi connectivity index (χ0n) is 9.12. The van der Waals surface area contributed by atoms with Crippen LogP contribution >= 0.6 is 15.9 Å². The molecule has 1 amide bonds. The van der Waals surface area contributed by atoms with Gasteiger partial charge in [-0.15, -0.1) is 0 Å². The molecule has 0 bridgehead atoms. The first-order chi connectivity index (χ1) is 8.06. The van der Waals surface area contributed by atoms with E-state index >= 15 is 0 Å². The molecule has 92 valence electrons. The van der Waals surface area contributed by atoms with Crippen LogP contribution in [0.1, 0.15) is 23.2 Å². The average molecular weight is 302 g/mol. The van der Waals surface area contributed by atoms with Gasteiger partial charge in [0.15, 0.2) is 0 Å². The molecule has 1 aromatic rings. The first-order valence-electron chi connectivity index (χ1n) is 5.47. The third-order valence-corrected chi connectivity index (χ3v) is 3.59. The minimum absolute atomic E-state index is 0.213. The van der Waals surface area contributed by atoms with Crippen molar-refractivity contribution in [1.29, 1.82) is 0 Å². The molecule has 1 aliphatic rings. The number of aliphatic hydroxyl groups excluding tert-OH is 1. The smallest absolute Gasteiger partial charge is 0.252 e. The molecule has 2 rings (SSSR count). The van der Waals surface area contributed by atoms with E-state index in [0.29, 0.717) is 22.5 Å². The second kappa shape index (κ2) is 5.14. The van der Waals surface area contributed by atoms with Gasteiger partial charge in [-0.05, 0) is 52.9 Å². The van der Waals surface area contributed by atoms with Crippen molar-refractivity contribution in [2.24, 2.45) is 5.92 Å². The molecular formula is C12H13BrFNO2. The molecule has 5 heteroatoms. The van der Waals surface area contributed by atoms with E-state index in [-0.39, 0.29) is 17.8 Å². The van der Waals surface area contributed by atoms with Gasteiger partial charge in [0, 0.05) is 11.0 Å². The lowest BCUT2D eigenvalue weighted by Gasteiger charge is -2.31. The number of nitrogens with one attached hydrogen (secondary N) is 1. The molecule has 1 aromatic carbocycles. The Bertz CT molecular complexity index is 433. The van der Waals surface area contributed by atoms with Crippen LogP contribution in [0.5, 0.6) is 0 Å². The third kappa shape index (κ3) is 3.04. The van der Waals surface area contributed by atoms with Gasteiger partial charge in [0.1, 0.15) is 5.82 Å². The van der Waals surface area contributed by atoms with Gasteiger partial charge >= 0.3 is 0 Å². The van der Waals surface area contributed by atoms with Gasteiger partial charge < -0.3 is 10.4 Å². The minimum Gasteiger partial charge on any atom is -0.393 e. The Kier molecular flexibility index (Phi) is 3.79. The monoisotopic (exact) mass is 301 g/mol. The van der Waals surface area contributed by atoms with Crippen LogP contribution in [0.3, 0.4) is 0 Å². The number of amides is 1. The molecule has 17 heavy (non-hydrogen) atoms. The van der Waals surface area contributed by atoms with Gasteiger partial charge in [-0.2, -0.15) is 0 Å². The molecule has 1 fully saturated rings. The first-order valence-corrected chi connectivity index (χ1v) is 6.27. The summed E-state index contributed by atoms with van der Waals surface area (Å²) in [5.74, 6) is -0.248. The quantitative estimate of drug-likeness (QED) is 0.898. The Hall–Kier alpha value is -0.940. The molecule has 0 radical (unpaired) electrons. The summed E-state index contributed by atoms with van der Waals surface area (Å²) in [6.07, 6.45) is 1.27. The van der Waals surface area contributed by atoms with Crippen LogP contribution in [0.25, 0.3) is 0 Å². The van der Waals surface area contributed by atoms with Crippen molar-refractivity contribution in [3.05, 3.63) is 34.1 Å². The zero-order chi connectivity index (χ0) is 12.4. The summed E-state index contributed by atoms with van der Waals surface area (Å²) >= 11 is 3.15. The minimum atomic E-state index is -0.379. The van der Waals surface area contributed by atoms with E-state index in [4.69, 9.17) is 5.11 Å². The van der Waals surface area contributed by atoms with Crippen LogP contribution in [0.15, 0.2) is 22.7 Å². The normalized spacial score (nSPS) is 23.0. The highest BCUT2D eigenvalue weighted by Crippen LogP contribution is 2.26. The lowest BCUT2D eigenvalue weighted by atomic mass is 9.82. The van der Waals surface area contributed by atoms with Gasteiger partial charge in [0.05, 0.1) is 11.7 Å². The fourth-order valence-electron chi connectivity index (χ4n) is 1.87. The van der Waals surface area contributed by atoms with E-state index in [1.165, 1.54) is 18.2 Å². The SMILES string of the molecule is O=C(NCC1CC(O)C1)c1ccc(F)cc1Br. The largest absolute Gasteiger partial charge is 0.393 e. The average Bonchev–Trinajstić information content (AvgIpc) is 2.22. The van der Waals surface area contributed by atoms with E-state index in [9.17, 15) is 9.18 Å². The Morgan fingerprint density at radius 3 is 2.82 bits per heavy atom. The second-order valence-electron chi connectivity index (χ2n) is 4.33. The fraction of sp³-hybridized carbons (Fsp3) is 0.417. The topological polar surface area (TPSA) is 49.3 Å². The van der Waals surface area contributed by atoms with Crippen molar-refractivity contribution in [3.63, 3.8) is 0 Å². The van der Waals surface area contributed by atoms with E-state index in [0.717, 1.165) is 12.8 Å². The number of halogens is 2. The number of rotatable bonds is 3. The van der Waals surface area contributed by atoms with Crippen LogP contribution in [-0.4, -0.2) is 23.7 Å². The van der Waals surface area contributed by atoms with Crippen LogP contribution in [-0.2, 0) is 0 Å². The van der Waals surface area contributed by atoms with Crippen LogP contribution in [0, 0.1) is 11.7 Å². The van der Waals surface area contributed by atoms with Gasteiger partial charge in [-0.3, -0.25) is 4.79 Å². The van der Waals surface area contributed by atoms with Crippen LogP contribution in [0.2, 0.25) is 0 Å². The van der Waals surface area contributed by atoms with Crippen LogP contribution in [0.4, 0.5) is 4.39 Å². The van der Waals surface area contributed by atoms with Gasteiger partial charge in [-0.1, -0.05) is 0 Å². The van der Waals surface area contributed by atoms with Crippen molar-refractivity contribution in [2.45, 2.75) is 18.9 Å².